The van der Waals surface area contributed by atoms with Crippen LogP contribution in [0.25, 0.3) is 22.3 Å². The number of aromatic nitrogens is 2. The number of esters is 1. The van der Waals surface area contributed by atoms with Crippen molar-refractivity contribution in [2.24, 2.45) is 5.10 Å². The fraction of sp³-hybridized carbons (Fsp3) is 0.273. The maximum Gasteiger partial charge on any atom is 0.343 e. The summed E-state index contributed by atoms with van der Waals surface area (Å²) in [5, 5.41) is 5.09. The third-order valence-electron chi connectivity index (χ3n) is 6.82. The fourth-order valence-corrected chi connectivity index (χ4v) is 4.67. The summed E-state index contributed by atoms with van der Waals surface area (Å²) in [5.74, 6) is 1.65. The summed E-state index contributed by atoms with van der Waals surface area (Å²) in [6.45, 7) is 9.68. The Balaban J connectivity index is 1.90. The van der Waals surface area contributed by atoms with Crippen molar-refractivity contribution < 1.29 is 23.7 Å². The molecule has 0 radical (unpaired) electrons. The molecular formula is C33H35N3O6. The van der Waals surface area contributed by atoms with Gasteiger partial charge in [-0.25, -0.2) is 9.78 Å². The number of hydrogen-bond donors (Lipinski definition) is 0. The molecule has 0 N–H and O–H groups in total. The molecule has 4 aromatic rings. The highest BCUT2D eigenvalue weighted by atomic mass is 16.6. The fourth-order valence-electron chi connectivity index (χ4n) is 4.67. The summed E-state index contributed by atoms with van der Waals surface area (Å²) in [5.41, 5.74) is 4.32. The first-order chi connectivity index (χ1) is 20.2. The van der Waals surface area contributed by atoms with E-state index in [0.29, 0.717) is 40.2 Å². The van der Waals surface area contributed by atoms with E-state index in [1.807, 2.05) is 37.3 Å². The molecule has 9 heteroatoms. The average Bonchev–Trinajstić information content (AvgIpc) is 2.99. The molecule has 9 nitrogen and oxygen atoms in total. The number of nitrogens with zero attached hydrogens (tertiary/aromatic N) is 3. The third kappa shape index (κ3) is 6.20. The van der Waals surface area contributed by atoms with E-state index in [0.717, 1.165) is 28.0 Å². The Morgan fingerprint density at radius 3 is 2.48 bits per heavy atom. The predicted molar refractivity (Wildman–Crippen MR) is 164 cm³/mol. The van der Waals surface area contributed by atoms with Crippen LogP contribution >= 0.6 is 0 Å². The van der Waals surface area contributed by atoms with Crippen LogP contribution in [0.2, 0.25) is 0 Å². The monoisotopic (exact) mass is 569 g/mol. The zero-order chi connectivity index (χ0) is 30.4. The minimum atomic E-state index is -0.516. The van der Waals surface area contributed by atoms with Gasteiger partial charge in [-0.15, -0.1) is 6.58 Å². The first-order valence-electron chi connectivity index (χ1n) is 13.5. The molecule has 0 aliphatic carbocycles. The van der Waals surface area contributed by atoms with E-state index >= 15 is 0 Å². The molecule has 0 fully saturated rings. The zero-order valence-corrected chi connectivity index (χ0v) is 24.8. The number of carbonyl (C=O) groups excluding carboxylic acids is 1. The Kier molecular flexibility index (Phi) is 9.42. The number of ether oxygens (including phenoxy) is 4. The molecule has 42 heavy (non-hydrogen) atoms. The van der Waals surface area contributed by atoms with Crippen LogP contribution in [0.4, 0.5) is 0 Å². The first kappa shape index (κ1) is 30.0. The van der Waals surface area contributed by atoms with Crippen molar-refractivity contribution in [2.75, 3.05) is 27.9 Å². The number of carbonyl (C=O) groups is 1. The standard InChI is InChI=1S/C33H35N3O6/c1-8-11-23-15-22(16-29(40-6)31(23)42-19-30(37)41-7)18-34-36-32(35-27-13-10-9-12-24(27)33(36)38)26-17-25(20(2)3)28(39-5)14-21(26)4/h8-10,12-18,20H,1,11,19H2,2-7H3. The van der Waals surface area contributed by atoms with Gasteiger partial charge in [0, 0.05) is 11.1 Å². The molecule has 0 amide bonds. The SMILES string of the molecule is C=CCc1cc(C=Nn2c(-c3cc(C(C)C)c(OC)cc3C)nc3ccccc3c2=O)cc(OC)c1OCC(=O)OC. The van der Waals surface area contributed by atoms with E-state index in [2.05, 4.69) is 25.5 Å². The summed E-state index contributed by atoms with van der Waals surface area (Å²) in [7, 11) is 4.45. The normalized spacial score (nSPS) is 11.2. The van der Waals surface area contributed by atoms with E-state index in [4.69, 9.17) is 23.9 Å². The lowest BCUT2D eigenvalue weighted by Gasteiger charge is -2.17. The Bertz CT molecular complexity index is 1720. The van der Waals surface area contributed by atoms with E-state index in [9.17, 15) is 9.59 Å². The van der Waals surface area contributed by atoms with Crippen molar-refractivity contribution in [3.63, 3.8) is 0 Å². The van der Waals surface area contributed by atoms with Gasteiger partial charge >= 0.3 is 5.97 Å². The van der Waals surface area contributed by atoms with Gasteiger partial charge in [0.2, 0.25) is 0 Å². The van der Waals surface area contributed by atoms with E-state index in [1.54, 1.807) is 37.6 Å². The van der Waals surface area contributed by atoms with Gasteiger partial charge in [-0.3, -0.25) is 4.79 Å². The smallest absolute Gasteiger partial charge is 0.343 e. The second-order valence-electron chi connectivity index (χ2n) is 9.95. The summed E-state index contributed by atoms with van der Waals surface area (Å²) in [4.78, 5) is 30.4. The minimum Gasteiger partial charge on any atom is -0.496 e. The predicted octanol–water partition coefficient (Wildman–Crippen LogP) is 5.68. The number of fused-ring (bicyclic) bond motifs is 1. The summed E-state index contributed by atoms with van der Waals surface area (Å²) < 4.78 is 22.9. The second kappa shape index (κ2) is 13.2. The van der Waals surface area contributed by atoms with Gasteiger partial charge in [-0.1, -0.05) is 32.1 Å². The number of para-hydroxylation sites is 1. The molecule has 4 rings (SSSR count). The number of methoxy groups -OCH3 is 3. The zero-order valence-electron chi connectivity index (χ0n) is 24.8. The molecule has 0 aliphatic rings. The highest BCUT2D eigenvalue weighted by Crippen LogP contribution is 2.35. The topological polar surface area (TPSA) is 101 Å². The Morgan fingerprint density at radius 1 is 1.07 bits per heavy atom. The van der Waals surface area contributed by atoms with Gasteiger partial charge in [0.15, 0.2) is 23.9 Å². The van der Waals surface area contributed by atoms with Crippen LogP contribution in [0.1, 0.15) is 42.0 Å². The van der Waals surface area contributed by atoms with Crippen molar-refractivity contribution in [1.29, 1.82) is 0 Å². The van der Waals surface area contributed by atoms with Crippen LogP contribution in [0, 0.1) is 6.92 Å². The van der Waals surface area contributed by atoms with Crippen molar-refractivity contribution in [1.82, 2.24) is 9.66 Å². The molecule has 0 unspecified atom stereocenters. The summed E-state index contributed by atoms with van der Waals surface area (Å²) >= 11 is 0. The van der Waals surface area contributed by atoms with E-state index < -0.39 is 5.97 Å². The first-order valence-corrected chi connectivity index (χ1v) is 13.5. The molecule has 0 spiro atoms. The number of benzene rings is 3. The highest BCUT2D eigenvalue weighted by molar-refractivity contribution is 5.84. The number of hydrogen-bond acceptors (Lipinski definition) is 8. The van der Waals surface area contributed by atoms with Gasteiger partial charge in [0.25, 0.3) is 5.56 Å². The van der Waals surface area contributed by atoms with Gasteiger partial charge in [-0.2, -0.15) is 9.78 Å². The van der Waals surface area contributed by atoms with Crippen LogP contribution in [0.3, 0.4) is 0 Å². The average molecular weight is 570 g/mol. The molecule has 0 aliphatic heterocycles. The van der Waals surface area contributed by atoms with Gasteiger partial charge in [0.1, 0.15) is 5.75 Å². The molecule has 0 saturated carbocycles. The maximum absolute atomic E-state index is 13.8. The Morgan fingerprint density at radius 2 is 1.81 bits per heavy atom. The van der Waals surface area contributed by atoms with Crippen LogP contribution in [0.15, 0.2) is 71.1 Å². The van der Waals surface area contributed by atoms with Crippen molar-refractivity contribution in [3.05, 3.63) is 93.8 Å². The quantitative estimate of drug-likeness (QED) is 0.130. The lowest BCUT2D eigenvalue weighted by atomic mass is 9.96. The summed E-state index contributed by atoms with van der Waals surface area (Å²) in [6, 6.07) is 14.7. The largest absolute Gasteiger partial charge is 0.496 e. The summed E-state index contributed by atoms with van der Waals surface area (Å²) in [6.07, 6.45) is 3.73. The molecule has 0 saturated heterocycles. The number of aryl methyl sites for hydroxylation is 1. The number of rotatable bonds is 11. The molecular weight excluding hydrogens is 534 g/mol. The highest BCUT2D eigenvalue weighted by Gasteiger charge is 2.19. The Hall–Kier alpha value is -4.92. The molecule has 1 aromatic heterocycles. The lowest BCUT2D eigenvalue weighted by molar-refractivity contribution is -0.142. The molecule has 218 valence electrons. The molecule has 1 heterocycles. The van der Waals surface area contributed by atoms with E-state index in [1.165, 1.54) is 18.9 Å². The van der Waals surface area contributed by atoms with E-state index in [-0.39, 0.29) is 18.1 Å². The van der Waals surface area contributed by atoms with Crippen LogP contribution in [-0.2, 0) is 16.0 Å². The van der Waals surface area contributed by atoms with Gasteiger partial charge in [-0.05, 0) is 72.4 Å². The van der Waals surface area contributed by atoms with Crippen molar-refractivity contribution >= 4 is 23.1 Å². The Labute approximate surface area is 245 Å². The maximum atomic E-state index is 13.8. The third-order valence-corrected chi connectivity index (χ3v) is 6.82. The van der Waals surface area contributed by atoms with Crippen molar-refractivity contribution in [3.8, 4) is 28.6 Å². The van der Waals surface area contributed by atoms with Crippen LogP contribution in [0.5, 0.6) is 17.2 Å². The van der Waals surface area contributed by atoms with Crippen LogP contribution < -0.4 is 19.8 Å². The molecule has 0 atom stereocenters. The number of allylic oxidation sites excluding steroid dienone is 1. The van der Waals surface area contributed by atoms with Gasteiger partial charge in [0.05, 0.1) is 38.4 Å². The van der Waals surface area contributed by atoms with Gasteiger partial charge < -0.3 is 18.9 Å². The lowest BCUT2D eigenvalue weighted by Crippen LogP contribution is -2.21. The molecule has 3 aromatic carbocycles. The molecule has 0 bridgehead atoms. The minimum absolute atomic E-state index is 0.180. The van der Waals surface area contributed by atoms with Crippen molar-refractivity contribution in [2.45, 2.75) is 33.1 Å². The van der Waals surface area contributed by atoms with Crippen LogP contribution in [-0.4, -0.2) is 49.8 Å². The second-order valence-corrected chi connectivity index (χ2v) is 9.95.